The van der Waals surface area contributed by atoms with E-state index < -0.39 is 5.97 Å². The zero-order valence-electron chi connectivity index (χ0n) is 13.0. The van der Waals surface area contributed by atoms with Crippen LogP contribution in [0.2, 0.25) is 5.15 Å². The van der Waals surface area contributed by atoms with Gasteiger partial charge in [0.25, 0.3) is 0 Å². The molecule has 21 heavy (non-hydrogen) atoms. The average Bonchev–Trinajstić information content (AvgIpc) is 2.32. The molecule has 1 saturated carbocycles. The van der Waals surface area contributed by atoms with Crippen molar-refractivity contribution in [2.45, 2.75) is 52.7 Å². The van der Waals surface area contributed by atoms with Gasteiger partial charge in [-0.15, -0.1) is 0 Å². The lowest BCUT2D eigenvalue weighted by atomic mass is 9.61. The second-order valence-corrected chi connectivity index (χ2v) is 7.66. The number of ether oxygens (including phenoxy) is 1. The van der Waals surface area contributed by atoms with Crippen LogP contribution >= 0.6 is 11.6 Å². The Kier molecular flexibility index (Phi) is 4.31. The molecule has 0 aromatic carbocycles. The van der Waals surface area contributed by atoms with Crippen molar-refractivity contribution in [2.75, 3.05) is 0 Å². The molecule has 2 N–H and O–H groups in total. The van der Waals surface area contributed by atoms with Crippen LogP contribution < -0.4 is 5.73 Å². The Hall–Kier alpha value is -1.13. The van der Waals surface area contributed by atoms with Crippen molar-refractivity contribution in [1.29, 1.82) is 0 Å². The van der Waals surface area contributed by atoms with Crippen LogP contribution in [0.4, 0.5) is 0 Å². The Bertz CT molecular complexity index is 525. The van der Waals surface area contributed by atoms with Gasteiger partial charge in [-0.25, -0.2) is 9.78 Å². The van der Waals surface area contributed by atoms with Crippen LogP contribution in [0, 0.1) is 10.8 Å². The molecule has 0 saturated heterocycles. The molecule has 0 amide bonds. The first-order chi connectivity index (χ1) is 9.62. The van der Waals surface area contributed by atoms with Gasteiger partial charge in [-0.1, -0.05) is 45.4 Å². The number of carbonyl (C=O) groups excluding carboxylic acids is 1. The van der Waals surface area contributed by atoms with Crippen molar-refractivity contribution in [2.24, 2.45) is 16.6 Å². The number of pyridine rings is 1. The summed E-state index contributed by atoms with van der Waals surface area (Å²) in [6, 6.07) is 5.07. The number of aromatic nitrogens is 1. The Morgan fingerprint density at radius 3 is 2.38 bits per heavy atom. The molecule has 1 aliphatic carbocycles. The molecular weight excluding hydrogens is 288 g/mol. The molecule has 116 valence electrons. The van der Waals surface area contributed by atoms with Gasteiger partial charge in [0.05, 0.1) is 0 Å². The molecule has 0 spiro atoms. The lowest BCUT2D eigenvalue weighted by molar-refractivity contribution is -0.0948. The number of halogens is 1. The van der Waals surface area contributed by atoms with E-state index in [2.05, 4.69) is 32.7 Å². The van der Waals surface area contributed by atoms with E-state index in [1.54, 1.807) is 18.2 Å². The van der Waals surface area contributed by atoms with Crippen LogP contribution in [-0.4, -0.2) is 23.1 Å². The molecule has 1 heterocycles. The fraction of sp³-hybridized carbons (Fsp3) is 0.625. The van der Waals surface area contributed by atoms with Gasteiger partial charge < -0.3 is 10.5 Å². The molecule has 1 aromatic rings. The maximum absolute atomic E-state index is 12.3. The third kappa shape index (κ3) is 3.55. The number of hydrogen-bond donors (Lipinski definition) is 1. The normalized spacial score (nSPS) is 27.1. The van der Waals surface area contributed by atoms with Gasteiger partial charge in [0.2, 0.25) is 0 Å². The number of carbonyl (C=O) groups is 1. The summed E-state index contributed by atoms with van der Waals surface area (Å²) in [7, 11) is 0. The quantitative estimate of drug-likeness (QED) is 0.671. The third-order valence-corrected chi connectivity index (χ3v) is 4.36. The molecule has 0 aliphatic heterocycles. The standard InChI is InChI=1S/C16H23ClN2O2/c1-15(2)8-10(18)9-16(3,4)14(15)21-13(20)11-6-5-7-12(17)19-11/h5-7,10,14H,8-9,18H2,1-4H3. The molecule has 1 aromatic heterocycles. The second kappa shape index (κ2) is 5.58. The topological polar surface area (TPSA) is 65.2 Å². The van der Waals surface area contributed by atoms with Crippen LogP contribution in [0.25, 0.3) is 0 Å². The summed E-state index contributed by atoms with van der Waals surface area (Å²) < 4.78 is 5.80. The predicted molar refractivity (Wildman–Crippen MR) is 83.2 cm³/mol. The zero-order valence-corrected chi connectivity index (χ0v) is 13.8. The molecule has 5 heteroatoms. The molecular formula is C16H23ClN2O2. The fourth-order valence-electron chi connectivity index (χ4n) is 3.70. The van der Waals surface area contributed by atoms with E-state index in [0.717, 1.165) is 12.8 Å². The van der Waals surface area contributed by atoms with Gasteiger partial charge in [-0.2, -0.15) is 0 Å². The average molecular weight is 311 g/mol. The Balaban J connectivity index is 2.22. The van der Waals surface area contributed by atoms with E-state index in [4.69, 9.17) is 22.1 Å². The van der Waals surface area contributed by atoms with Crippen LogP contribution in [0.5, 0.6) is 0 Å². The SMILES string of the molecule is CC1(C)CC(N)CC(C)(C)C1OC(=O)c1cccc(Cl)n1. The van der Waals surface area contributed by atoms with Crippen molar-refractivity contribution < 1.29 is 9.53 Å². The van der Waals surface area contributed by atoms with Gasteiger partial charge in [0.1, 0.15) is 17.0 Å². The number of nitrogens with two attached hydrogens (primary N) is 1. The third-order valence-electron chi connectivity index (χ3n) is 4.15. The van der Waals surface area contributed by atoms with E-state index >= 15 is 0 Å². The van der Waals surface area contributed by atoms with Crippen LogP contribution in [0.3, 0.4) is 0 Å². The maximum atomic E-state index is 12.3. The number of rotatable bonds is 2. The first-order valence-electron chi connectivity index (χ1n) is 7.21. The molecule has 1 fully saturated rings. The van der Waals surface area contributed by atoms with Crippen molar-refractivity contribution >= 4 is 17.6 Å². The van der Waals surface area contributed by atoms with Crippen molar-refractivity contribution in [3.05, 3.63) is 29.0 Å². The Morgan fingerprint density at radius 1 is 1.29 bits per heavy atom. The predicted octanol–water partition coefficient (Wildman–Crippen LogP) is 3.43. The van der Waals surface area contributed by atoms with Gasteiger partial charge in [0, 0.05) is 16.9 Å². The first-order valence-corrected chi connectivity index (χ1v) is 7.59. The largest absolute Gasteiger partial charge is 0.457 e. The Morgan fingerprint density at radius 2 is 1.86 bits per heavy atom. The van der Waals surface area contributed by atoms with E-state index in [1.165, 1.54) is 0 Å². The number of hydrogen-bond acceptors (Lipinski definition) is 4. The molecule has 1 aliphatic rings. The maximum Gasteiger partial charge on any atom is 0.357 e. The highest BCUT2D eigenvalue weighted by atomic mass is 35.5. The van der Waals surface area contributed by atoms with Crippen molar-refractivity contribution in [3.63, 3.8) is 0 Å². The first kappa shape index (κ1) is 16.2. The molecule has 0 atom stereocenters. The van der Waals surface area contributed by atoms with Gasteiger partial charge in [-0.3, -0.25) is 0 Å². The van der Waals surface area contributed by atoms with Crippen LogP contribution in [-0.2, 0) is 4.74 Å². The Labute approximate surface area is 131 Å². The summed E-state index contributed by atoms with van der Waals surface area (Å²) in [6.45, 7) is 8.38. The van der Waals surface area contributed by atoms with Crippen molar-refractivity contribution in [3.8, 4) is 0 Å². The van der Waals surface area contributed by atoms with E-state index in [0.29, 0.717) is 0 Å². The highest BCUT2D eigenvalue weighted by molar-refractivity contribution is 6.29. The minimum atomic E-state index is -0.431. The lowest BCUT2D eigenvalue weighted by Gasteiger charge is -2.50. The highest BCUT2D eigenvalue weighted by Gasteiger charge is 2.49. The molecule has 0 unspecified atom stereocenters. The molecule has 4 nitrogen and oxygen atoms in total. The van der Waals surface area contributed by atoms with Crippen molar-refractivity contribution in [1.82, 2.24) is 4.98 Å². The van der Waals surface area contributed by atoms with E-state index in [1.807, 2.05) is 0 Å². The molecule has 0 radical (unpaired) electrons. The summed E-state index contributed by atoms with van der Waals surface area (Å²) in [6.07, 6.45) is 1.45. The van der Waals surface area contributed by atoms with E-state index in [-0.39, 0.29) is 33.8 Å². The molecule has 0 bridgehead atoms. The summed E-state index contributed by atoms with van der Waals surface area (Å²) in [4.78, 5) is 16.4. The monoisotopic (exact) mass is 310 g/mol. The second-order valence-electron chi connectivity index (χ2n) is 7.28. The number of nitrogens with zero attached hydrogens (tertiary/aromatic N) is 1. The lowest BCUT2D eigenvalue weighted by Crippen LogP contribution is -2.54. The zero-order chi connectivity index (χ0) is 15.8. The smallest absolute Gasteiger partial charge is 0.357 e. The molecule has 2 rings (SSSR count). The minimum Gasteiger partial charge on any atom is -0.457 e. The van der Waals surface area contributed by atoms with Gasteiger partial charge in [0.15, 0.2) is 0 Å². The summed E-state index contributed by atoms with van der Waals surface area (Å²) in [5, 5.41) is 0.286. The van der Waals surface area contributed by atoms with Crippen LogP contribution in [0.1, 0.15) is 51.0 Å². The van der Waals surface area contributed by atoms with Crippen LogP contribution in [0.15, 0.2) is 18.2 Å². The summed E-state index contributed by atoms with van der Waals surface area (Å²) >= 11 is 5.83. The van der Waals surface area contributed by atoms with E-state index in [9.17, 15) is 4.79 Å². The fourth-order valence-corrected chi connectivity index (χ4v) is 3.87. The minimum absolute atomic E-state index is 0.134. The van der Waals surface area contributed by atoms with Gasteiger partial charge >= 0.3 is 5.97 Å². The summed E-state index contributed by atoms with van der Waals surface area (Å²) in [5.41, 5.74) is 6.04. The van der Waals surface area contributed by atoms with Gasteiger partial charge in [-0.05, 0) is 25.0 Å². The summed E-state index contributed by atoms with van der Waals surface area (Å²) in [5.74, 6) is -0.431. The number of esters is 1. The highest BCUT2D eigenvalue weighted by Crippen LogP contribution is 2.47.